The van der Waals surface area contributed by atoms with Crippen LogP contribution in [0.25, 0.3) is 0 Å². The molecule has 1 saturated heterocycles. The Morgan fingerprint density at radius 2 is 1.96 bits per heavy atom. The van der Waals surface area contributed by atoms with E-state index in [9.17, 15) is 13.2 Å². The number of hydrogen-bond donors (Lipinski definition) is 1. The van der Waals surface area contributed by atoms with Crippen molar-refractivity contribution in [2.75, 3.05) is 31.6 Å². The van der Waals surface area contributed by atoms with E-state index < -0.39 is 9.84 Å². The highest BCUT2D eigenvalue weighted by Crippen LogP contribution is 2.19. The molecule has 8 heteroatoms. The fourth-order valence-corrected chi connectivity index (χ4v) is 5.01. The predicted octanol–water partition coefficient (Wildman–Crippen LogP) is 1.77. The lowest BCUT2D eigenvalue weighted by molar-refractivity contribution is -0.122. The van der Waals surface area contributed by atoms with Gasteiger partial charge in [0.05, 0.1) is 18.1 Å². The van der Waals surface area contributed by atoms with Crippen LogP contribution in [0.2, 0.25) is 10.0 Å². The number of benzene rings is 1. The molecule has 1 amide bonds. The van der Waals surface area contributed by atoms with Crippen molar-refractivity contribution < 1.29 is 13.2 Å². The molecule has 1 aliphatic heterocycles. The second kappa shape index (κ2) is 7.83. The third-order valence-corrected chi connectivity index (χ3v) is 6.07. The van der Waals surface area contributed by atoms with Crippen molar-refractivity contribution in [1.29, 1.82) is 0 Å². The van der Waals surface area contributed by atoms with Gasteiger partial charge in [-0.1, -0.05) is 23.2 Å². The number of sulfone groups is 1. The molecule has 1 aromatic rings. The molecule has 5 nitrogen and oxygen atoms in total. The summed E-state index contributed by atoms with van der Waals surface area (Å²) in [5.41, 5.74) is 0.957. The van der Waals surface area contributed by atoms with Crippen LogP contribution < -0.4 is 5.32 Å². The molecule has 23 heavy (non-hydrogen) atoms. The summed E-state index contributed by atoms with van der Waals surface area (Å²) >= 11 is 11.9. The first-order valence-corrected chi connectivity index (χ1v) is 9.95. The van der Waals surface area contributed by atoms with Crippen LogP contribution in [-0.2, 0) is 21.1 Å². The number of hydrogen-bond acceptors (Lipinski definition) is 4. The number of carbonyl (C=O) groups excluding carboxylic acids is 1. The Balaban J connectivity index is 1.75. The first-order chi connectivity index (χ1) is 10.7. The molecule has 2 rings (SSSR count). The molecule has 128 valence electrons. The van der Waals surface area contributed by atoms with Crippen molar-refractivity contribution in [3.05, 3.63) is 33.8 Å². The minimum absolute atomic E-state index is 0.0718. The van der Waals surface area contributed by atoms with E-state index in [1.807, 2.05) is 12.1 Å². The van der Waals surface area contributed by atoms with Gasteiger partial charge in [-0.15, -0.1) is 0 Å². The molecule has 0 unspecified atom stereocenters. The zero-order valence-corrected chi connectivity index (χ0v) is 15.2. The Kier molecular flexibility index (Phi) is 6.31. The van der Waals surface area contributed by atoms with Crippen LogP contribution in [-0.4, -0.2) is 56.9 Å². The maximum atomic E-state index is 11.9. The molecule has 0 aliphatic carbocycles. The van der Waals surface area contributed by atoms with Crippen LogP contribution in [0.1, 0.15) is 12.0 Å². The number of carbonyl (C=O) groups is 1. The number of halogens is 2. The standard InChI is InChI=1S/C15H20Cl2N2O3S/c1-19(14-3-5-23(21,22)10-14)9-15(20)18-4-2-11-6-12(16)8-13(17)7-11/h6-8,14H,2-5,9-10H2,1H3,(H,18,20)/t14-/m1/s1. The van der Waals surface area contributed by atoms with Gasteiger partial charge in [0.1, 0.15) is 0 Å². The monoisotopic (exact) mass is 378 g/mol. The summed E-state index contributed by atoms with van der Waals surface area (Å²) in [6.45, 7) is 0.669. The highest BCUT2D eigenvalue weighted by molar-refractivity contribution is 7.91. The second-order valence-electron chi connectivity index (χ2n) is 5.85. The Morgan fingerprint density at radius 3 is 2.52 bits per heavy atom. The van der Waals surface area contributed by atoms with Gasteiger partial charge in [-0.2, -0.15) is 0 Å². The molecule has 1 aromatic carbocycles. The van der Waals surface area contributed by atoms with E-state index in [0.717, 1.165) is 5.56 Å². The number of amides is 1. The smallest absolute Gasteiger partial charge is 0.234 e. The summed E-state index contributed by atoms with van der Waals surface area (Å²) in [5.74, 6) is 0.224. The first kappa shape index (κ1) is 18.5. The molecule has 1 fully saturated rings. The lowest BCUT2D eigenvalue weighted by Crippen LogP contribution is -2.41. The quantitative estimate of drug-likeness (QED) is 0.818. The minimum Gasteiger partial charge on any atom is -0.355 e. The van der Waals surface area contributed by atoms with Gasteiger partial charge in [-0.25, -0.2) is 8.42 Å². The third-order valence-electron chi connectivity index (χ3n) is 3.88. The highest BCUT2D eigenvalue weighted by atomic mass is 35.5. The zero-order valence-electron chi connectivity index (χ0n) is 12.9. The van der Waals surface area contributed by atoms with Crippen LogP contribution in [0.3, 0.4) is 0 Å². The SMILES string of the molecule is CN(CC(=O)NCCc1cc(Cl)cc(Cl)c1)[C@@H]1CCS(=O)(=O)C1. The summed E-state index contributed by atoms with van der Waals surface area (Å²) in [6, 6.07) is 5.22. The van der Waals surface area contributed by atoms with Crippen LogP contribution >= 0.6 is 23.2 Å². The number of nitrogens with zero attached hydrogens (tertiary/aromatic N) is 1. The van der Waals surface area contributed by atoms with Crippen LogP contribution in [0.15, 0.2) is 18.2 Å². The number of likely N-dealkylation sites (N-methyl/N-ethyl adjacent to an activating group) is 1. The maximum absolute atomic E-state index is 11.9. The molecule has 0 spiro atoms. The van der Waals surface area contributed by atoms with Crippen molar-refractivity contribution >= 4 is 38.9 Å². The number of rotatable bonds is 6. The van der Waals surface area contributed by atoms with Crippen LogP contribution in [0.5, 0.6) is 0 Å². The average Bonchev–Trinajstić information content (AvgIpc) is 2.78. The van der Waals surface area contributed by atoms with Crippen molar-refractivity contribution in [2.24, 2.45) is 0 Å². The predicted molar refractivity (Wildman–Crippen MR) is 92.9 cm³/mol. The highest BCUT2D eigenvalue weighted by Gasteiger charge is 2.31. The zero-order chi connectivity index (χ0) is 17.0. The Hall–Kier alpha value is -0.820. The fourth-order valence-electron chi connectivity index (χ4n) is 2.64. The molecule has 1 N–H and O–H groups in total. The lowest BCUT2D eigenvalue weighted by atomic mass is 10.1. The van der Waals surface area contributed by atoms with Gasteiger partial charge >= 0.3 is 0 Å². The van der Waals surface area contributed by atoms with Gasteiger partial charge < -0.3 is 5.32 Å². The molecular weight excluding hydrogens is 359 g/mol. The third kappa shape index (κ3) is 5.95. The van der Waals surface area contributed by atoms with E-state index in [1.54, 1.807) is 18.0 Å². The molecule has 0 saturated carbocycles. The molecule has 0 radical (unpaired) electrons. The van der Waals surface area contributed by atoms with E-state index in [1.165, 1.54) is 0 Å². The summed E-state index contributed by atoms with van der Waals surface area (Å²) in [4.78, 5) is 13.7. The Bertz CT molecular complexity index is 659. The topological polar surface area (TPSA) is 66.5 Å². The van der Waals surface area contributed by atoms with Gasteiger partial charge in [-0.05, 0) is 43.7 Å². The van der Waals surface area contributed by atoms with E-state index >= 15 is 0 Å². The summed E-state index contributed by atoms with van der Waals surface area (Å²) in [6.07, 6.45) is 1.22. The van der Waals surface area contributed by atoms with Crippen molar-refractivity contribution in [3.63, 3.8) is 0 Å². The maximum Gasteiger partial charge on any atom is 0.234 e. The van der Waals surface area contributed by atoms with Gasteiger partial charge in [-0.3, -0.25) is 9.69 Å². The molecule has 1 atom stereocenters. The second-order valence-corrected chi connectivity index (χ2v) is 8.95. The van der Waals surface area contributed by atoms with Crippen LogP contribution in [0.4, 0.5) is 0 Å². The van der Waals surface area contributed by atoms with Crippen molar-refractivity contribution in [3.8, 4) is 0 Å². The average molecular weight is 379 g/mol. The van der Waals surface area contributed by atoms with Gasteiger partial charge in [0.15, 0.2) is 9.84 Å². The summed E-state index contributed by atoms with van der Waals surface area (Å²) in [7, 11) is -1.16. The molecule has 1 aliphatic rings. The largest absolute Gasteiger partial charge is 0.355 e. The van der Waals surface area contributed by atoms with Crippen LogP contribution in [0, 0.1) is 0 Å². The van der Waals surface area contributed by atoms with Gasteiger partial charge in [0.2, 0.25) is 5.91 Å². The van der Waals surface area contributed by atoms with E-state index in [2.05, 4.69) is 5.32 Å². The minimum atomic E-state index is -2.94. The van der Waals surface area contributed by atoms with Crippen molar-refractivity contribution in [2.45, 2.75) is 18.9 Å². The normalized spacial score (nSPS) is 19.9. The van der Waals surface area contributed by atoms with E-state index in [0.29, 0.717) is 29.4 Å². The number of nitrogens with one attached hydrogen (secondary N) is 1. The summed E-state index contributed by atoms with van der Waals surface area (Å²) in [5, 5.41) is 3.97. The van der Waals surface area contributed by atoms with Gasteiger partial charge in [0, 0.05) is 22.6 Å². The first-order valence-electron chi connectivity index (χ1n) is 7.37. The summed E-state index contributed by atoms with van der Waals surface area (Å²) < 4.78 is 22.9. The van der Waals surface area contributed by atoms with Crippen molar-refractivity contribution in [1.82, 2.24) is 10.2 Å². The van der Waals surface area contributed by atoms with E-state index in [4.69, 9.17) is 23.2 Å². The molecule has 0 aromatic heterocycles. The molecular formula is C15H20Cl2N2O3S. The lowest BCUT2D eigenvalue weighted by Gasteiger charge is -2.22. The fraction of sp³-hybridized carbons (Fsp3) is 0.533. The van der Waals surface area contributed by atoms with E-state index in [-0.39, 0.29) is 30.0 Å². The Labute approximate surface area is 146 Å². The molecule has 1 heterocycles. The van der Waals surface area contributed by atoms with Gasteiger partial charge in [0.25, 0.3) is 0 Å². The molecule has 0 bridgehead atoms. The Morgan fingerprint density at radius 1 is 1.30 bits per heavy atom.